The third kappa shape index (κ3) is 5.02. The van der Waals surface area contributed by atoms with Crippen LogP contribution in [0.1, 0.15) is 53.0 Å². The molecule has 2 atom stereocenters. The van der Waals surface area contributed by atoms with E-state index in [-0.39, 0.29) is 5.92 Å². The Balaban J connectivity index is 1.13. The predicted molar refractivity (Wildman–Crippen MR) is 254 cm³/mol. The minimum absolute atomic E-state index is 0.141. The lowest BCUT2D eigenvalue weighted by molar-refractivity contribution is 0.447. The van der Waals surface area contributed by atoms with Crippen molar-refractivity contribution < 1.29 is 4.42 Å². The monoisotopic (exact) mass is 796 g/mol. The first-order valence-corrected chi connectivity index (χ1v) is 21.6. The molecular formula is C57H40N4O. The van der Waals surface area contributed by atoms with Gasteiger partial charge in [0, 0.05) is 55.5 Å². The van der Waals surface area contributed by atoms with E-state index in [4.69, 9.17) is 14.4 Å². The van der Waals surface area contributed by atoms with Gasteiger partial charge in [-0.05, 0) is 97.1 Å². The normalized spacial score (nSPS) is 17.5. The minimum atomic E-state index is -0.679. The average molecular weight is 797 g/mol. The van der Waals surface area contributed by atoms with E-state index in [0.29, 0.717) is 5.82 Å². The molecule has 4 heterocycles. The molecule has 5 nitrogen and oxygen atoms in total. The van der Waals surface area contributed by atoms with Gasteiger partial charge < -0.3 is 13.9 Å². The molecular weight excluding hydrogens is 757 g/mol. The van der Waals surface area contributed by atoms with Crippen molar-refractivity contribution in [3.63, 3.8) is 0 Å². The molecule has 3 aliphatic rings. The van der Waals surface area contributed by atoms with Crippen molar-refractivity contribution in [2.45, 2.75) is 31.2 Å². The highest BCUT2D eigenvalue weighted by Gasteiger charge is 2.57. The standard InChI is InChI=1S/C57H40N4O/c1-57-46(48-35-47(37-18-5-2-6-19-37)58-56(59-48)38-20-7-3-8-21-38)34-45-43-26-14-16-28-52(43)62-55(45)54(57)53-41-24-12-11-17-36(41)29-31-51(53)61(57)40-30-32-50-44(33-40)42-25-13-15-27-49(42)60(50)39-22-9-4-10-23-39/h2-11,13-23,25-35,54H,12,24H2,1H3. The van der Waals surface area contributed by atoms with Gasteiger partial charge in [0.1, 0.15) is 11.3 Å². The predicted octanol–water partition coefficient (Wildman–Crippen LogP) is 14.2. The van der Waals surface area contributed by atoms with E-state index in [9.17, 15) is 0 Å². The van der Waals surface area contributed by atoms with E-state index in [0.717, 1.165) is 74.6 Å². The molecule has 1 aliphatic heterocycles. The summed E-state index contributed by atoms with van der Waals surface area (Å²) in [6.07, 6.45) is 8.98. The van der Waals surface area contributed by atoms with Crippen LogP contribution in [0.5, 0.6) is 0 Å². The van der Waals surface area contributed by atoms with Crippen molar-refractivity contribution in [3.05, 3.63) is 216 Å². The molecule has 2 aliphatic carbocycles. The Labute approximate surface area is 359 Å². The molecule has 5 heteroatoms. The smallest absolute Gasteiger partial charge is 0.160 e. The number of anilines is 2. The maximum atomic E-state index is 7.13. The first-order chi connectivity index (χ1) is 30.6. The van der Waals surface area contributed by atoms with Gasteiger partial charge in [0.15, 0.2) is 5.82 Å². The first-order valence-electron chi connectivity index (χ1n) is 21.6. The van der Waals surface area contributed by atoms with Crippen molar-refractivity contribution in [2.24, 2.45) is 0 Å². The van der Waals surface area contributed by atoms with Gasteiger partial charge in [-0.1, -0.05) is 133 Å². The van der Waals surface area contributed by atoms with Crippen LogP contribution in [0.4, 0.5) is 11.4 Å². The molecule has 62 heavy (non-hydrogen) atoms. The Morgan fingerprint density at radius 1 is 0.613 bits per heavy atom. The Morgan fingerprint density at radius 3 is 2.13 bits per heavy atom. The maximum absolute atomic E-state index is 7.13. The molecule has 294 valence electrons. The molecule has 0 spiro atoms. The van der Waals surface area contributed by atoms with Gasteiger partial charge in [0.05, 0.1) is 33.9 Å². The Kier molecular flexibility index (Phi) is 7.56. The van der Waals surface area contributed by atoms with Gasteiger partial charge in [0.2, 0.25) is 0 Å². The fraction of sp³-hybridized carbons (Fsp3) is 0.0877. The largest absolute Gasteiger partial charge is 0.460 e. The molecule has 13 rings (SSSR count). The van der Waals surface area contributed by atoms with E-state index in [2.05, 4.69) is 204 Å². The topological polar surface area (TPSA) is 47.1 Å². The van der Waals surface area contributed by atoms with Crippen molar-refractivity contribution in [1.82, 2.24) is 14.5 Å². The quantitative estimate of drug-likeness (QED) is 0.174. The molecule has 7 aromatic carbocycles. The molecule has 0 saturated carbocycles. The van der Waals surface area contributed by atoms with Gasteiger partial charge in [-0.2, -0.15) is 0 Å². The molecule has 10 aromatic rings. The van der Waals surface area contributed by atoms with E-state index < -0.39 is 5.54 Å². The first kappa shape index (κ1) is 35.0. The van der Waals surface area contributed by atoms with Crippen LogP contribution in [0.15, 0.2) is 186 Å². The number of furan rings is 1. The number of nitrogens with zero attached hydrogens (tertiary/aromatic N) is 4. The molecule has 2 unspecified atom stereocenters. The summed E-state index contributed by atoms with van der Waals surface area (Å²) >= 11 is 0. The highest BCUT2D eigenvalue weighted by atomic mass is 16.3. The number of hydrogen-bond acceptors (Lipinski definition) is 4. The van der Waals surface area contributed by atoms with Gasteiger partial charge in [-0.25, -0.2) is 9.97 Å². The lowest BCUT2D eigenvalue weighted by atomic mass is 9.69. The fourth-order valence-electron chi connectivity index (χ4n) is 10.9. The fourth-order valence-corrected chi connectivity index (χ4v) is 10.9. The van der Waals surface area contributed by atoms with Crippen LogP contribution in [-0.2, 0) is 6.42 Å². The molecule has 0 N–H and O–H groups in total. The van der Waals surface area contributed by atoms with Gasteiger partial charge in [-0.15, -0.1) is 0 Å². The number of hydrogen-bond donors (Lipinski definition) is 0. The summed E-state index contributed by atoms with van der Waals surface area (Å²) in [5, 5.41) is 3.55. The van der Waals surface area contributed by atoms with Crippen molar-refractivity contribution in [1.29, 1.82) is 0 Å². The zero-order valence-corrected chi connectivity index (χ0v) is 34.2. The number of rotatable bonds is 5. The summed E-state index contributed by atoms with van der Waals surface area (Å²) in [5.41, 5.74) is 16.1. The Bertz CT molecular complexity index is 3430. The Morgan fingerprint density at radius 2 is 1.31 bits per heavy atom. The summed E-state index contributed by atoms with van der Waals surface area (Å²) in [6.45, 7) is 2.43. The highest BCUT2D eigenvalue weighted by Crippen LogP contribution is 2.64. The third-order valence-corrected chi connectivity index (χ3v) is 13.6. The number of benzene rings is 7. The number of fused-ring (bicyclic) bond motifs is 12. The second-order valence-electron chi connectivity index (χ2n) is 16.9. The SMILES string of the molecule is CC12C(c3cc(-c4ccccc4)nc(-c4ccccc4)n3)=Cc3c(oc4ccccc34)C1c1c(ccc3c1CCC=C3)N2c1ccc2c(c1)c1ccccc1n2-c1ccccc1. The second-order valence-corrected chi connectivity index (χ2v) is 16.9. The third-order valence-electron chi connectivity index (χ3n) is 13.6. The number of para-hydroxylation sites is 3. The van der Waals surface area contributed by atoms with E-state index in [1.54, 1.807) is 0 Å². The maximum Gasteiger partial charge on any atom is 0.160 e. The van der Waals surface area contributed by atoms with Gasteiger partial charge in [0.25, 0.3) is 0 Å². The van der Waals surface area contributed by atoms with E-state index in [1.807, 2.05) is 6.07 Å². The van der Waals surface area contributed by atoms with Crippen LogP contribution in [0.25, 0.3) is 78.8 Å². The van der Waals surface area contributed by atoms with Crippen LogP contribution in [0.2, 0.25) is 0 Å². The van der Waals surface area contributed by atoms with E-state index >= 15 is 0 Å². The van der Waals surface area contributed by atoms with Crippen molar-refractivity contribution >= 4 is 61.9 Å². The van der Waals surface area contributed by atoms with Crippen LogP contribution in [-0.4, -0.2) is 20.1 Å². The molecule has 0 bridgehead atoms. The summed E-state index contributed by atoms with van der Waals surface area (Å²) in [7, 11) is 0. The number of aromatic nitrogens is 3. The van der Waals surface area contributed by atoms with Crippen LogP contribution >= 0.6 is 0 Å². The summed E-state index contributed by atoms with van der Waals surface area (Å²) in [4.78, 5) is 13.4. The lowest BCUT2D eigenvalue weighted by Crippen LogP contribution is -2.46. The Hall–Kier alpha value is -7.76. The highest BCUT2D eigenvalue weighted by molar-refractivity contribution is 6.11. The minimum Gasteiger partial charge on any atom is -0.460 e. The zero-order chi connectivity index (χ0) is 40.9. The lowest BCUT2D eigenvalue weighted by Gasteiger charge is -2.44. The van der Waals surface area contributed by atoms with Crippen molar-refractivity contribution in [2.75, 3.05) is 4.90 Å². The van der Waals surface area contributed by atoms with Crippen molar-refractivity contribution in [3.8, 4) is 28.3 Å². The second kappa shape index (κ2) is 13.4. The summed E-state index contributed by atoms with van der Waals surface area (Å²) in [5.74, 6) is 1.56. The molecule has 3 aromatic heterocycles. The zero-order valence-electron chi connectivity index (χ0n) is 34.2. The van der Waals surface area contributed by atoms with Crippen LogP contribution in [0, 0.1) is 0 Å². The van der Waals surface area contributed by atoms with E-state index in [1.165, 1.54) is 44.2 Å². The molecule has 0 fully saturated rings. The van der Waals surface area contributed by atoms with Gasteiger partial charge in [-0.3, -0.25) is 0 Å². The van der Waals surface area contributed by atoms with Crippen LogP contribution < -0.4 is 4.90 Å². The summed E-state index contributed by atoms with van der Waals surface area (Å²) < 4.78 is 9.52. The molecule has 0 saturated heterocycles. The molecule has 0 radical (unpaired) electrons. The van der Waals surface area contributed by atoms with Crippen LogP contribution in [0.3, 0.4) is 0 Å². The van der Waals surface area contributed by atoms with Gasteiger partial charge >= 0.3 is 0 Å². The average Bonchev–Trinajstić information content (AvgIpc) is 3.97. The summed E-state index contributed by atoms with van der Waals surface area (Å²) in [6, 6.07) is 62.8. The number of allylic oxidation sites excluding steroid dienone is 1. The molecule has 0 amide bonds.